The Morgan fingerprint density at radius 2 is 2.06 bits per heavy atom. The molecule has 1 heterocycles. The zero-order valence-corrected chi connectivity index (χ0v) is 9.65. The van der Waals surface area contributed by atoms with Crippen molar-refractivity contribution in [2.45, 2.75) is 13.8 Å². The molecule has 0 unspecified atom stereocenters. The Bertz CT molecular complexity index is 558. The van der Waals surface area contributed by atoms with E-state index in [2.05, 4.69) is 5.32 Å². The molecule has 0 radical (unpaired) electrons. The summed E-state index contributed by atoms with van der Waals surface area (Å²) in [7, 11) is 0. The highest BCUT2D eigenvalue weighted by atomic mass is 16.3. The van der Waals surface area contributed by atoms with Crippen LogP contribution in [0.5, 0.6) is 5.75 Å². The highest BCUT2D eigenvalue weighted by Gasteiger charge is 2.13. The van der Waals surface area contributed by atoms with E-state index in [9.17, 15) is 9.90 Å². The molecule has 1 aromatic carbocycles. The van der Waals surface area contributed by atoms with E-state index >= 15 is 0 Å². The number of benzene rings is 1. The number of amides is 1. The van der Waals surface area contributed by atoms with Crippen molar-refractivity contribution >= 4 is 11.6 Å². The molecule has 88 valence electrons. The highest BCUT2D eigenvalue weighted by molar-refractivity contribution is 6.05. The number of carbonyl (C=O) groups is 1. The van der Waals surface area contributed by atoms with E-state index in [1.165, 1.54) is 6.26 Å². The number of aryl methyl sites for hydroxylation is 2. The van der Waals surface area contributed by atoms with Crippen LogP contribution in [0, 0.1) is 13.8 Å². The highest BCUT2D eigenvalue weighted by Crippen LogP contribution is 2.24. The number of anilines is 1. The van der Waals surface area contributed by atoms with Crippen molar-refractivity contribution in [3.8, 4) is 5.75 Å². The Morgan fingerprint density at radius 1 is 1.29 bits per heavy atom. The second-order valence-corrected chi connectivity index (χ2v) is 3.87. The number of rotatable bonds is 2. The van der Waals surface area contributed by atoms with Crippen molar-refractivity contribution in [1.29, 1.82) is 0 Å². The molecule has 0 spiro atoms. The minimum absolute atomic E-state index is 0.0551. The van der Waals surface area contributed by atoms with Gasteiger partial charge in [-0.3, -0.25) is 4.79 Å². The third kappa shape index (κ3) is 2.30. The lowest BCUT2D eigenvalue weighted by molar-refractivity contribution is 0.102. The Kier molecular flexibility index (Phi) is 2.87. The van der Waals surface area contributed by atoms with Gasteiger partial charge in [0.05, 0.1) is 17.5 Å². The van der Waals surface area contributed by atoms with Crippen LogP contribution in [-0.2, 0) is 0 Å². The van der Waals surface area contributed by atoms with E-state index in [0.29, 0.717) is 17.0 Å². The number of furan rings is 1. The maximum atomic E-state index is 11.9. The monoisotopic (exact) mass is 231 g/mol. The largest absolute Gasteiger partial charge is 0.506 e. The summed E-state index contributed by atoms with van der Waals surface area (Å²) in [5, 5.41) is 12.3. The molecule has 0 saturated carbocycles. The Balaban J connectivity index is 2.22. The second kappa shape index (κ2) is 4.33. The number of nitrogens with one attached hydrogen (secondary N) is 1. The molecule has 0 atom stereocenters. The van der Waals surface area contributed by atoms with Gasteiger partial charge in [0, 0.05) is 0 Å². The molecule has 1 amide bonds. The minimum Gasteiger partial charge on any atom is -0.506 e. The zero-order chi connectivity index (χ0) is 12.4. The first kappa shape index (κ1) is 11.3. The number of aromatic hydroxyl groups is 1. The molecule has 17 heavy (non-hydrogen) atoms. The summed E-state index contributed by atoms with van der Waals surface area (Å²) in [4.78, 5) is 11.9. The van der Waals surface area contributed by atoms with Gasteiger partial charge in [-0.2, -0.15) is 0 Å². The lowest BCUT2D eigenvalue weighted by Crippen LogP contribution is -2.12. The van der Waals surface area contributed by atoms with E-state index in [1.807, 2.05) is 13.0 Å². The molecule has 4 heteroatoms. The summed E-state index contributed by atoms with van der Waals surface area (Å²) < 4.78 is 5.05. The standard InChI is InChI=1S/C13H13NO3/c1-8-3-4-11(12(15)7-8)14-13(16)10-5-6-17-9(10)2/h3-7,15H,1-2H3,(H,14,16). The predicted octanol–water partition coefficient (Wildman–Crippen LogP) is 2.85. The average Bonchev–Trinajstić information content (AvgIpc) is 2.68. The molecule has 0 bridgehead atoms. The summed E-state index contributed by atoms with van der Waals surface area (Å²) in [6.45, 7) is 3.58. The zero-order valence-electron chi connectivity index (χ0n) is 9.65. The SMILES string of the molecule is Cc1ccc(NC(=O)c2ccoc2C)c(O)c1. The van der Waals surface area contributed by atoms with E-state index < -0.39 is 0 Å². The fourth-order valence-electron chi connectivity index (χ4n) is 1.56. The van der Waals surface area contributed by atoms with Gasteiger partial charge in [0.25, 0.3) is 5.91 Å². The molecule has 0 fully saturated rings. The lowest BCUT2D eigenvalue weighted by atomic mass is 10.2. The van der Waals surface area contributed by atoms with Crippen LogP contribution in [0.3, 0.4) is 0 Å². The molecule has 2 rings (SSSR count). The average molecular weight is 231 g/mol. The Hall–Kier alpha value is -2.23. The quantitative estimate of drug-likeness (QED) is 0.781. The third-order valence-electron chi connectivity index (χ3n) is 2.50. The maximum Gasteiger partial charge on any atom is 0.259 e. The first-order valence-corrected chi connectivity index (χ1v) is 5.23. The molecule has 0 saturated heterocycles. The number of hydrogen-bond donors (Lipinski definition) is 2. The van der Waals surface area contributed by atoms with Crippen molar-refractivity contribution in [3.05, 3.63) is 47.4 Å². The lowest BCUT2D eigenvalue weighted by Gasteiger charge is -2.07. The smallest absolute Gasteiger partial charge is 0.259 e. The van der Waals surface area contributed by atoms with E-state index in [-0.39, 0.29) is 11.7 Å². The van der Waals surface area contributed by atoms with Gasteiger partial charge >= 0.3 is 0 Å². The molecule has 1 aromatic heterocycles. The van der Waals surface area contributed by atoms with Crippen LogP contribution in [-0.4, -0.2) is 11.0 Å². The van der Waals surface area contributed by atoms with Gasteiger partial charge in [-0.25, -0.2) is 0 Å². The maximum absolute atomic E-state index is 11.9. The summed E-state index contributed by atoms with van der Waals surface area (Å²) in [6.07, 6.45) is 1.46. The fourth-order valence-corrected chi connectivity index (χ4v) is 1.56. The van der Waals surface area contributed by atoms with Crippen LogP contribution >= 0.6 is 0 Å². The molecule has 4 nitrogen and oxygen atoms in total. The first-order chi connectivity index (χ1) is 8.08. The Morgan fingerprint density at radius 3 is 2.65 bits per heavy atom. The summed E-state index contributed by atoms with van der Waals surface area (Å²) in [5.74, 6) is 0.309. The van der Waals surface area contributed by atoms with Gasteiger partial charge in [-0.15, -0.1) is 0 Å². The van der Waals surface area contributed by atoms with Crippen molar-refractivity contribution in [2.75, 3.05) is 5.32 Å². The molecular weight excluding hydrogens is 218 g/mol. The van der Waals surface area contributed by atoms with Crippen LogP contribution in [0.4, 0.5) is 5.69 Å². The molecule has 0 aliphatic rings. The van der Waals surface area contributed by atoms with Crippen molar-refractivity contribution in [1.82, 2.24) is 0 Å². The van der Waals surface area contributed by atoms with Crippen LogP contribution in [0.15, 0.2) is 34.9 Å². The van der Waals surface area contributed by atoms with Crippen molar-refractivity contribution in [3.63, 3.8) is 0 Å². The van der Waals surface area contributed by atoms with Crippen LogP contribution in [0.1, 0.15) is 21.7 Å². The minimum atomic E-state index is -0.296. The van der Waals surface area contributed by atoms with E-state index in [4.69, 9.17) is 4.42 Å². The number of phenols is 1. The molecular formula is C13H13NO3. The number of carbonyl (C=O) groups excluding carboxylic acids is 1. The molecule has 0 aliphatic heterocycles. The molecule has 2 N–H and O–H groups in total. The molecule has 0 aliphatic carbocycles. The molecule has 2 aromatic rings. The Labute approximate surface area is 98.9 Å². The number of hydrogen-bond acceptors (Lipinski definition) is 3. The van der Waals surface area contributed by atoms with Gasteiger partial charge in [-0.05, 0) is 37.6 Å². The van der Waals surface area contributed by atoms with E-state index in [1.54, 1.807) is 25.1 Å². The summed E-state index contributed by atoms with van der Waals surface area (Å²) >= 11 is 0. The third-order valence-corrected chi connectivity index (χ3v) is 2.50. The van der Waals surface area contributed by atoms with Gasteiger partial charge in [-0.1, -0.05) is 6.07 Å². The van der Waals surface area contributed by atoms with Gasteiger partial charge in [0.15, 0.2) is 0 Å². The second-order valence-electron chi connectivity index (χ2n) is 3.87. The topological polar surface area (TPSA) is 62.5 Å². The van der Waals surface area contributed by atoms with Crippen LogP contribution < -0.4 is 5.32 Å². The summed E-state index contributed by atoms with van der Waals surface area (Å²) in [5.41, 5.74) is 1.78. The summed E-state index contributed by atoms with van der Waals surface area (Å²) in [6, 6.07) is 6.67. The van der Waals surface area contributed by atoms with Crippen molar-refractivity contribution in [2.24, 2.45) is 0 Å². The predicted molar refractivity (Wildman–Crippen MR) is 64.2 cm³/mol. The van der Waals surface area contributed by atoms with Gasteiger partial charge in [0.2, 0.25) is 0 Å². The number of phenolic OH excluding ortho intramolecular Hbond substituents is 1. The van der Waals surface area contributed by atoms with E-state index in [0.717, 1.165) is 5.56 Å². The van der Waals surface area contributed by atoms with Gasteiger partial charge < -0.3 is 14.8 Å². The van der Waals surface area contributed by atoms with Crippen molar-refractivity contribution < 1.29 is 14.3 Å². The first-order valence-electron chi connectivity index (χ1n) is 5.23. The normalized spacial score (nSPS) is 10.2. The van der Waals surface area contributed by atoms with Crippen LogP contribution in [0.2, 0.25) is 0 Å². The van der Waals surface area contributed by atoms with Crippen LogP contribution in [0.25, 0.3) is 0 Å². The van der Waals surface area contributed by atoms with Gasteiger partial charge in [0.1, 0.15) is 11.5 Å². The fraction of sp³-hybridized carbons (Fsp3) is 0.154.